The number of carbonyl (C=O) groups excluding carboxylic acids is 1. The Morgan fingerprint density at radius 2 is 1.89 bits per heavy atom. The number of carbonyl (C=O) groups is 1. The van der Waals surface area contributed by atoms with Gasteiger partial charge in [-0.15, -0.1) is 0 Å². The molecule has 148 valence electrons. The van der Waals surface area contributed by atoms with Crippen molar-refractivity contribution in [3.8, 4) is 5.75 Å². The topological polar surface area (TPSA) is 44.8 Å². The quantitative estimate of drug-likeness (QED) is 0.832. The smallest absolute Gasteiger partial charge is 0.238 e. The molecular formula is C21H23ClFN3O2. The molecule has 1 fully saturated rings. The van der Waals surface area contributed by atoms with E-state index in [2.05, 4.69) is 33.3 Å². The third kappa shape index (κ3) is 4.63. The largest absolute Gasteiger partial charge is 0.493 e. The number of nitrogens with one attached hydrogen (secondary N) is 1. The Labute approximate surface area is 169 Å². The van der Waals surface area contributed by atoms with E-state index in [-0.39, 0.29) is 10.9 Å². The van der Waals surface area contributed by atoms with Gasteiger partial charge in [0.2, 0.25) is 5.91 Å². The first kappa shape index (κ1) is 19.2. The zero-order valence-electron chi connectivity index (χ0n) is 15.6. The van der Waals surface area contributed by atoms with Crippen molar-refractivity contribution in [1.29, 1.82) is 0 Å². The van der Waals surface area contributed by atoms with Crippen molar-refractivity contribution in [3.63, 3.8) is 0 Å². The fourth-order valence-corrected chi connectivity index (χ4v) is 3.90. The van der Waals surface area contributed by atoms with E-state index >= 15 is 0 Å². The van der Waals surface area contributed by atoms with Gasteiger partial charge >= 0.3 is 0 Å². The lowest BCUT2D eigenvalue weighted by atomic mass is 10.1. The van der Waals surface area contributed by atoms with Crippen LogP contribution in [0.4, 0.5) is 10.1 Å². The molecule has 4 rings (SSSR count). The predicted octanol–water partition coefficient (Wildman–Crippen LogP) is 3.17. The second kappa shape index (κ2) is 8.47. The predicted molar refractivity (Wildman–Crippen MR) is 107 cm³/mol. The summed E-state index contributed by atoms with van der Waals surface area (Å²) in [5.74, 6) is 0.455. The van der Waals surface area contributed by atoms with Crippen LogP contribution in [-0.4, -0.2) is 55.0 Å². The monoisotopic (exact) mass is 403 g/mol. The van der Waals surface area contributed by atoms with Crippen molar-refractivity contribution in [2.75, 3.05) is 44.6 Å². The lowest BCUT2D eigenvalue weighted by Crippen LogP contribution is -2.48. The summed E-state index contributed by atoms with van der Waals surface area (Å²) in [5.41, 5.74) is 3.04. The van der Waals surface area contributed by atoms with E-state index in [0.29, 0.717) is 12.2 Å². The van der Waals surface area contributed by atoms with Gasteiger partial charge in [0.25, 0.3) is 0 Å². The molecule has 2 aliphatic heterocycles. The van der Waals surface area contributed by atoms with E-state index < -0.39 is 5.82 Å². The number of benzene rings is 2. The Morgan fingerprint density at radius 3 is 2.68 bits per heavy atom. The number of ether oxygens (including phenoxy) is 1. The van der Waals surface area contributed by atoms with Gasteiger partial charge in [-0.3, -0.25) is 14.6 Å². The molecule has 1 saturated heterocycles. The number of hydrogen-bond donors (Lipinski definition) is 1. The minimum atomic E-state index is -0.421. The summed E-state index contributed by atoms with van der Waals surface area (Å²) in [6, 6.07) is 10.4. The zero-order valence-corrected chi connectivity index (χ0v) is 16.3. The van der Waals surface area contributed by atoms with Crippen LogP contribution in [0.3, 0.4) is 0 Å². The molecule has 0 unspecified atom stereocenters. The molecule has 0 spiro atoms. The van der Waals surface area contributed by atoms with Crippen molar-refractivity contribution < 1.29 is 13.9 Å². The van der Waals surface area contributed by atoms with Crippen molar-refractivity contribution in [2.45, 2.75) is 13.0 Å². The summed E-state index contributed by atoms with van der Waals surface area (Å²) in [7, 11) is 0. The van der Waals surface area contributed by atoms with E-state index in [1.54, 1.807) is 0 Å². The number of anilines is 1. The number of halogens is 2. The van der Waals surface area contributed by atoms with Gasteiger partial charge in [-0.2, -0.15) is 0 Å². The molecule has 2 aromatic carbocycles. The van der Waals surface area contributed by atoms with Crippen LogP contribution < -0.4 is 10.1 Å². The second-order valence-electron chi connectivity index (χ2n) is 7.27. The third-order valence-electron chi connectivity index (χ3n) is 5.20. The first-order valence-electron chi connectivity index (χ1n) is 9.51. The van der Waals surface area contributed by atoms with E-state index in [1.165, 1.54) is 29.3 Å². The molecule has 2 aromatic rings. The van der Waals surface area contributed by atoms with Crippen LogP contribution in [0.1, 0.15) is 11.1 Å². The normalized spacial score (nSPS) is 17.2. The molecule has 1 amide bonds. The van der Waals surface area contributed by atoms with Gasteiger partial charge in [0, 0.05) is 39.1 Å². The molecule has 0 saturated carbocycles. The van der Waals surface area contributed by atoms with Gasteiger partial charge in [-0.05, 0) is 35.4 Å². The summed E-state index contributed by atoms with van der Waals surface area (Å²) >= 11 is 5.96. The van der Waals surface area contributed by atoms with Crippen molar-refractivity contribution in [2.24, 2.45) is 0 Å². The van der Waals surface area contributed by atoms with Gasteiger partial charge < -0.3 is 10.1 Å². The number of nitrogens with zero attached hydrogens (tertiary/aromatic N) is 2. The second-order valence-corrected chi connectivity index (χ2v) is 7.67. The summed E-state index contributed by atoms with van der Waals surface area (Å²) in [4.78, 5) is 16.8. The highest BCUT2D eigenvalue weighted by molar-refractivity contribution is 6.33. The number of amides is 1. The zero-order chi connectivity index (χ0) is 19.5. The SMILES string of the molecule is O=C(CN1CCN(Cc2ccc3c(c2)CCO3)CC1)Nc1ccc(F)cc1Cl. The maximum absolute atomic E-state index is 13.1. The molecule has 28 heavy (non-hydrogen) atoms. The number of rotatable bonds is 5. The molecule has 0 radical (unpaired) electrons. The molecule has 7 heteroatoms. The Kier molecular flexibility index (Phi) is 5.80. The fraction of sp³-hybridized carbons (Fsp3) is 0.381. The van der Waals surface area contributed by atoms with Gasteiger partial charge in [0.05, 0.1) is 23.9 Å². The van der Waals surface area contributed by atoms with Crippen LogP contribution in [0.2, 0.25) is 5.02 Å². The maximum Gasteiger partial charge on any atom is 0.238 e. The highest BCUT2D eigenvalue weighted by Crippen LogP contribution is 2.26. The van der Waals surface area contributed by atoms with E-state index in [1.807, 2.05) is 0 Å². The Bertz CT molecular complexity index is 869. The summed E-state index contributed by atoms with van der Waals surface area (Å²) in [6.07, 6.45) is 0.990. The average molecular weight is 404 g/mol. The molecule has 2 heterocycles. The van der Waals surface area contributed by atoms with Gasteiger partial charge in [-0.1, -0.05) is 23.7 Å². The molecular weight excluding hydrogens is 381 g/mol. The first-order valence-corrected chi connectivity index (χ1v) is 9.89. The molecule has 0 atom stereocenters. The van der Waals surface area contributed by atoms with Crippen LogP contribution in [-0.2, 0) is 17.8 Å². The van der Waals surface area contributed by atoms with Crippen molar-refractivity contribution in [1.82, 2.24) is 9.80 Å². The summed E-state index contributed by atoms with van der Waals surface area (Å²) < 4.78 is 18.7. The van der Waals surface area contributed by atoms with Gasteiger partial charge in [-0.25, -0.2) is 4.39 Å². The van der Waals surface area contributed by atoms with Gasteiger partial charge in [0.1, 0.15) is 11.6 Å². The maximum atomic E-state index is 13.1. The van der Waals surface area contributed by atoms with E-state index in [4.69, 9.17) is 16.3 Å². The number of hydrogen-bond acceptors (Lipinski definition) is 4. The highest BCUT2D eigenvalue weighted by atomic mass is 35.5. The average Bonchev–Trinajstić information content (AvgIpc) is 3.13. The molecule has 0 aliphatic carbocycles. The number of fused-ring (bicyclic) bond motifs is 1. The Morgan fingerprint density at radius 1 is 1.11 bits per heavy atom. The minimum absolute atomic E-state index is 0.138. The lowest BCUT2D eigenvalue weighted by Gasteiger charge is -2.34. The van der Waals surface area contributed by atoms with Crippen molar-refractivity contribution in [3.05, 3.63) is 58.4 Å². The lowest BCUT2D eigenvalue weighted by molar-refractivity contribution is -0.117. The van der Waals surface area contributed by atoms with Crippen LogP contribution in [0.5, 0.6) is 5.75 Å². The Balaban J connectivity index is 1.24. The third-order valence-corrected chi connectivity index (χ3v) is 5.51. The van der Waals surface area contributed by atoms with Crippen LogP contribution >= 0.6 is 11.6 Å². The summed E-state index contributed by atoms with van der Waals surface area (Å²) in [6.45, 7) is 5.49. The minimum Gasteiger partial charge on any atom is -0.493 e. The standard InChI is InChI=1S/C21H23ClFN3O2/c22-18-12-17(23)2-3-19(18)24-21(27)14-26-8-6-25(7-9-26)13-15-1-4-20-16(11-15)5-10-28-20/h1-4,11-12H,5-10,13-14H2,(H,24,27). The fourth-order valence-electron chi connectivity index (χ4n) is 3.69. The Hall–Kier alpha value is -2.15. The van der Waals surface area contributed by atoms with E-state index in [0.717, 1.165) is 51.5 Å². The molecule has 0 bridgehead atoms. The van der Waals surface area contributed by atoms with E-state index in [9.17, 15) is 9.18 Å². The summed E-state index contributed by atoms with van der Waals surface area (Å²) in [5, 5.41) is 2.96. The van der Waals surface area contributed by atoms with Crippen LogP contribution in [0.15, 0.2) is 36.4 Å². The van der Waals surface area contributed by atoms with Crippen LogP contribution in [0.25, 0.3) is 0 Å². The highest BCUT2D eigenvalue weighted by Gasteiger charge is 2.20. The van der Waals surface area contributed by atoms with Crippen molar-refractivity contribution >= 4 is 23.2 Å². The molecule has 2 aliphatic rings. The van der Waals surface area contributed by atoms with Crippen LogP contribution in [0, 0.1) is 5.82 Å². The molecule has 5 nitrogen and oxygen atoms in total. The first-order chi connectivity index (χ1) is 13.6. The molecule has 0 aromatic heterocycles. The number of piperazine rings is 1. The van der Waals surface area contributed by atoms with Gasteiger partial charge in [0.15, 0.2) is 0 Å². The molecule has 1 N–H and O–H groups in total.